The molecule has 0 bridgehead atoms. The molecule has 0 aromatic heterocycles. The van der Waals surface area contributed by atoms with E-state index < -0.39 is 0 Å². The maximum absolute atomic E-state index is 12.3. The van der Waals surface area contributed by atoms with Gasteiger partial charge in [0, 0.05) is 36.3 Å². The van der Waals surface area contributed by atoms with Gasteiger partial charge in [0.2, 0.25) is 11.8 Å². The average Bonchev–Trinajstić information content (AvgIpc) is 2.58. The van der Waals surface area contributed by atoms with Crippen LogP contribution in [0, 0.1) is 6.92 Å². The van der Waals surface area contributed by atoms with E-state index in [9.17, 15) is 9.59 Å². The molecule has 0 unspecified atom stereocenters. The summed E-state index contributed by atoms with van der Waals surface area (Å²) < 4.78 is 0. The number of hydrogen-bond acceptors (Lipinski definition) is 2. The minimum atomic E-state index is -0.155. The van der Waals surface area contributed by atoms with E-state index in [1.165, 1.54) is 12.5 Å². The average molecular weight is 387 g/mol. The van der Waals surface area contributed by atoms with Crippen LogP contribution in [0.3, 0.4) is 0 Å². The van der Waals surface area contributed by atoms with Crippen molar-refractivity contribution in [1.29, 1.82) is 0 Å². The molecule has 0 saturated carbocycles. The Morgan fingerprint density at radius 1 is 1.07 bits per heavy atom. The van der Waals surface area contributed by atoms with E-state index in [0.29, 0.717) is 17.3 Å². The molecule has 0 saturated heterocycles. The topological polar surface area (TPSA) is 49.4 Å². The summed E-state index contributed by atoms with van der Waals surface area (Å²) in [7, 11) is 0. The molecule has 0 aliphatic carbocycles. The zero-order chi connectivity index (χ0) is 20.2. The SMILES string of the molecule is CC(=O)N(CCC(=O)Nc1cccc(Cl)c1C)c1ccc(C(C)(C)C)cc1. The highest BCUT2D eigenvalue weighted by atomic mass is 35.5. The summed E-state index contributed by atoms with van der Waals surface area (Å²) in [6, 6.07) is 13.3. The number of hydrogen-bond donors (Lipinski definition) is 1. The number of halogens is 1. The smallest absolute Gasteiger partial charge is 0.226 e. The maximum Gasteiger partial charge on any atom is 0.226 e. The van der Waals surface area contributed by atoms with Gasteiger partial charge in [-0.3, -0.25) is 9.59 Å². The van der Waals surface area contributed by atoms with Crippen molar-refractivity contribution in [1.82, 2.24) is 0 Å². The lowest BCUT2D eigenvalue weighted by molar-refractivity contribution is -0.117. The van der Waals surface area contributed by atoms with Crippen molar-refractivity contribution in [2.24, 2.45) is 0 Å². The number of amides is 2. The van der Waals surface area contributed by atoms with Gasteiger partial charge in [0.1, 0.15) is 0 Å². The van der Waals surface area contributed by atoms with Crippen LogP contribution in [0.25, 0.3) is 0 Å². The van der Waals surface area contributed by atoms with E-state index in [-0.39, 0.29) is 23.7 Å². The number of rotatable bonds is 5. The van der Waals surface area contributed by atoms with Crippen LogP contribution in [0.5, 0.6) is 0 Å². The lowest BCUT2D eigenvalue weighted by atomic mass is 9.87. The van der Waals surface area contributed by atoms with Gasteiger partial charge >= 0.3 is 0 Å². The minimum absolute atomic E-state index is 0.0499. The van der Waals surface area contributed by atoms with Crippen LogP contribution in [0.15, 0.2) is 42.5 Å². The first-order valence-electron chi connectivity index (χ1n) is 9.03. The van der Waals surface area contributed by atoms with Crippen molar-refractivity contribution in [3.63, 3.8) is 0 Å². The van der Waals surface area contributed by atoms with Gasteiger partial charge in [-0.15, -0.1) is 0 Å². The predicted octanol–water partition coefficient (Wildman–Crippen LogP) is 5.33. The Morgan fingerprint density at radius 2 is 1.70 bits per heavy atom. The van der Waals surface area contributed by atoms with Crippen molar-refractivity contribution in [3.8, 4) is 0 Å². The Kier molecular flexibility index (Phi) is 6.66. The third-order valence-corrected chi connectivity index (χ3v) is 4.94. The van der Waals surface area contributed by atoms with Crippen LogP contribution in [0.1, 0.15) is 45.2 Å². The second kappa shape index (κ2) is 8.57. The molecule has 0 fully saturated rings. The van der Waals surface area contributed by atoms with Gasteiger partial charge in [-0.2, -0.15) is 0 Å². The Balaban J connectivity index is 2.05. The molecule has 1 N–H and O–H groups in total. The van der Waals surface area contributed by atoms with E-state index in [1.54, 1.807) is 17.0 Å². The summed E-state index contributed by atoms with van der Waals surface area (Å²) in [6.07, 6.45) is 0.201. The lowest BCUT2D eigenvalue weighted by Gasteiger charge is -2.24. The fraction of sp³-hybridized carbons (Fsp3) is 0.364. The second-order valence-corrected chi connectivity index (χ2v) is 8.09. The van der Waals surface area contributed by atoms with Gasteiger partial charge in [0.05, 0.1) is 0 Å². The van der Waals surface area contributed by atoms with Crippen molar-refractivity contribution < 1.29 is 9.59 Å². The standard InChI is InChI=1S/C22H27ClN2O2/c1-15-19(23)7-6-8-20(15)24-21(27)13-14-25(16(2)26)18-11-9-17(10-12-18)22(3,4)5/h6-12H,13-14H2,1-5H3,(H,24,27). The highest BCUT2D eigenvalue weighted by molar-refractivity contribution is 6.31. The molecule has 0 heterocycles. The third kappa shape index (κ3) is 5.57. The Morgan fingerprint density at radius 3 is 2.26 bits per heavy atom. The van der Waals surface area contributed by atoms with Gasteiger partial charge in [-0.05, 0) is 47.7 Å². The highest BCUT2D eigenvalue weighted by Crippen LogP contribution is 2.26. The maximum atomic E-state index is 12.3. The quantitative estimate of drug-likeness (QED) is 0.755. The van der Waals surface area contributed by atoms with Crippen LogP contribution in [0.2, 0.25) is 5.02 Å². The number of benzene rings is 2. The molecular weight excluding hydrogens is 360 g/mol. The zero-order valence-corrected chi connectivity index (χ0v) is 17.4. The summed E-state index contributed by atoms with van der Waals surface area (Å²) in [5.41, 5.74) is 3.56. The van der Waals surface area contributed by atoms with Gasteiger partial charge in [-0.1, -0.05) is 50.6 Å². The van der Waals surface area contributed by atoms with Crippen molar-refractivity contribution in [2.45, 2.75) is 46.5 Å². The number of nitrogens with zero attached hydrogens (tertiary/aromatic N) is 1. The third-order valence-electron chi connectivity index (χ3n) is 4.53. The summed E-state index contributed by atoms with van der Waals surface area (Å²) in [5.74, 6) is -0.247. The number of carbonyl (C=O) groups is 2. The lowest BCUT2D eigenvalue weighted by Crippen LogP contribution is -2.32. The molecular formula is C22H27ClN2O2. The molecule has 2 rings (SSSR count). The van der Waals surface area contributed by atoms with Crippen LogP contribution in [0.4, 0.5) is 11.4 Å². The van der Waals surface area contributed by atoms with E-state index >= 15 is 0 Å². The molecule has 27 heavy (non-hydrogen) atoms. The molecule has 0 radical (unpaired) electrons. The molecule has 144 valence electrons. The van der Waals surface area contributed by atoms with Crippen molar-refractivity contribution in [2.75, 3.05) is 16.8 Å². The molecule has 2 amide bonds. The van der Waals surface area contributed by atoms with Crippen molar-refractivity contribution >= 4 is 34.8 Å². The predicted molar refractivity (Wildman–Crippen MR) is 113 cm³/mol. The summed E-state index contributed by atoms with van der Waals surface area (Å²) in [5, 5.41) is 3.47. The molecule has 0 spiro atoms. The Hall–Kier alpha value is -2.33. The Bertz CT molecular complexity index is 823. The zero-order valence-electron chi connectivity index (χ0n) is 16.6. The monoisotopic (exact) mass is 386 g/mol. The van der Waals surface area contributed by atoms with Gasteiger partial charge in [-0.25, -0.2) is 0 Å². The van der Waals surface area contributed by atoms with Crippen molar-refractivity contribution in [3.05, 3.63) is 58.6 Å². The highest BCUT2D eigenvalue weighted by Gasteiger charge is 2.17. The number of carbonyl (C=O) groups excluding carboxylic acids is 2. The summed E-state index contributed by atoms with van der Waals surface area (Å²) >= 11 is 6.09. The fourth-order valence-corrected chi connectivity index (χ4v) is 2.95. The van der Waals surface area contributed by atoms with Crippen LogP contribution in [-0.4, -0.2) is 18.4 Å². The molecule has 0 aliphatic rings. The first-order valence-corrected chi connectivity index (χ1v) is 9.41. The Labute approximate surface area is 166 Å². The molecule has 0 atom stereocenters. The van der Waals surface area contributed by atoms with Gasteiger partial charge in [0.25, 0.3) is 0 Å². The largest absolute Gasteiger partial charge is 0.326 e. The number of anilines is 2. The van der Waals surface area contributed by atoms with Crippen LogP contribution in [-0.2, 0) is 15.0 Å². The van der Waals surface area contributed by atoms with E-state index in [0.717, 1.165) is 11.3 Å². The minimum Gasteiger partial charge on any atom is -0.326 e. The van der Waals surface area contributed by atoms with E-state index in [2.05, 4.69) is 26.1 Å². The molecule has 4 nitrogen and oxygen atoms in total. The van der Waals surface area contributed by atoms with Crippen LogP contribution < -0.4 is 10.2 Å². The second-order valence-electron chi connectivity index (χ2n) is 7.68. The first-order chi connectivity index (χ1) is 12.6. The van der Waals surface area contributed by atoms with Crippen LogP contribution >= 0.6 is 11.6 Å². The molecule has 5 heteroatoms. The summed E-state index contributed by atoms with van der Waals surface area (Å²) in [6.45, 7) is 10.1. The van der Waals surface area contributed by atoms with Gasteiger partial charge in [0.15, 0.2) is 0 Å². The fourth-order valence-electron chi connectivity index (χ4n) is 2.78. The first kappa shape index (κ1) is 21.0. The molecule has 0 aliphatic heterocycles. The molecule has 2 aromatic carbocycles. The van der Waals surface area contributed by atoms with Gasteiger partial charge < -0.3 is 10.2 Å². The van der Waals surface area contributed by atoms with E-state index in [1.807, 2.05) is 37.3 Å². The molecule has 2 aromatic rings. The summed E-state index contributed by atoms with van der Waals surface area (Å²) in [4.78, 5) is 26.0. The van der Waals surface area contributed by atoms with E-state index in [4.69, 9.17) is 11.6 Å². The number of nitrogens with one attached hydrogen (secondary N) is 1. The normalized spacial score (nSPS) is 11.2.